The highest BCUT2D eigenvalue weighted by molar-refractivity contribution is 5.98. The minimum absolute atomic E-state index is 0.0147. The van der Waals surface area contributed by atoms with Gasteiger partial charge in [0, 0.05) is 21.1 Å². The standard InChI is InChI=1S/C13H18N2O3/c1-9-5-6-11(16)10(7-9)13(18)15(4)8-12(17)14(2)3/h5-7,16H,8H2,1-4H3. The first-order valence-electron chi connectivity index (χ1n) is 5.58. The zero-order chi connectivity index (χ0) is 13.9. The number of phenols is 1. The van der Waals surface area contributed by atoms with Crippen LogP contribution in [-0.2, 0) is 4.79 Å². The molecule has 1 aromatic carbocycles. The summed E-state index contributed by atoms with van der Waals surface area (Å²) < 4.78 is 0. The van der Waals surface area contributed by atoms with Crippen LogP contribution in [0.2, 0.25) is 0 Å². The third-order valence-corrected chi connectivity index (χ3v) is 2.60. The maximum Gasteiger partial charge on any atom is 0.257 e. The number of rotatable bonds is 3. The van der Waals surface area contributed by atoms with E-state index in [-0.39, 0.29) is 29.7 Å². The molecule has 0 aromatic heterocycles. The van der Waals surface area contributed by atoms with Crippen molar-refractivity contribution in [3.8, 4) is 5.75 Å². The van der Waals surface area contributed by atoms with Crippen LogP contribution in [0.5, 0.6) is 5.75 Å². The number of hydrogen-bond acceptors (Lipinski definition) is 3. The second kappa shape index (κ2) is 5.53. The van der Waals surface area contributed by atoms with Crippen molar-refractivity contribution in [1.82, 2.24) is 9.80 Å². The minimum atomic E-state index is -0.369. The number of hydrogen-bond donors (Lipinski definition) is 1. The van der Waals surface area contributed by atoms with Crippen molar-refractivity contribution < 1.29 is 14.7 Å². The molecule has 0 atom stereocenters. The number of carbonyl (C=O) groups is 2. The van der Waals surface area contributed by atoms with Gasteiger partial charge in [-0.3, -0.25) is 9.59 Å². The van der Waals surface area contributed by atoms with Crippen molar-refractivity contribution in [3.63, 3.8) is 0 Å². The van der Waals surface area contributed by atoms with Crippen molar-refractivity contribution in [2.24, 2.45) is 0 Å². The van der Waals surface area contributed by atoms with E-state index in [1.165, 1.54) is 22.9 Å². The Morgan fingerprint density at radius 1 is 1.22 bits per heavy atom. The van der Waals surface area contributed by atoms with E-state index >= 15 is 0 Å². The molecule has 5 nitrogen and oxygen atoms in total. The molecule has 0 heterocycles. The number of carbonyl (C=O) groups excluding carboxylic acids is 2. The Bertz CT molecular complexity index is 469. The number of likely N-dealkylation sites (N-methyl/N-ethyl adjacent to an activating group) is 2. The molecule has 2 amide bonds. The molecule has 1 aromatic rings. The van der Waals surface area contributed by atoms with Crippen LogP contribution in [0, 0.1) is 6.92 Å². The monoisotopic (exact) mass is 250 g/mol. The molecule has 0 fully saturated rings. The minimum Gasteiger partial charge on any atom is -0.507 e. The summed E-state index contributed by atoms with van der Waals surface area (Å²) in [5.41, 5.74) is 1.09. The van der Waals surface area contributed by atoms with E-state index in [0.717, 1.165) is 5.56 Å². The molecule has 0 unspecified atom stereocenters. The zero-order valence-corrected chi connectivity index (χ0v) is 11.1. The fraction of sp³-hybridized carbons (Fsp3) is 0.385. The molecule has 0 aliphatic rings. The van der Waals surface area contributed by atoms with E-state index < -0.39 is 0 Å². The summed E-state index contributed by atoms with van der Waals surface area (Å²) in [6.45, 7) is 1.82. The van der Waals surface area contributed by atoms with Gasteiger partial charge >= 0.3 is 0 Å². The van der Waals surface area contributed by atoms with Gasteiger partial charge in [0.15, 0.2) is 0 Å². The summed E-state index contributed by atoms with van der Waals surface area (Å²) in [5.74, 6) is -0.612. The van der Waals surface area contributed by atoms with Gasteiger partial charge in [-0.2, -0.15) is 0 Å². The molecule has 1 N–H and O–H groups in total. The second-order valence-electron chi connectivity index (χ2n) is 4.47. The van der Waals surface area contributed by atoms with Crippen LogP contribution >= 0.6 is 0 Å². The number of phenolic OH excluding ortho intramolecular Hbond substituents is 1. The van der Waals surface area contributed by atoms with Crippen molar-refractivity contribution in [3.05, 3.63) is 29.3 Å². The van der Waals surface area contributed by atoms with Crippen molar-refractivity contribution in [2.75, 3.05) is 27.7 Å². The fourth-order valence-corrected chi connectivity index (χ4v) is 1.44. The summed E-state index contributed by atoms with van der Waals surface area (Å²) in [6, 6.07) is 4.80. The van der Waals surface area contributed by atoms with Crippen LogP contribution in [0.3, 0.4) is 0 Å². The summed E-state index contributed by atoms with van der Waals surface area (Å²) >= 11 is 0. The highest BCUT2D eigenvalue weighted by Crippen LogP contribution is 2.19. The maximum atomic E-state index is 12.1. The average Bonchev–Trinajstić information content (AvgIpc) is 2.31. The van der Waals surface area contributed by atoms with Gasteiger partial charge in [-0.25, -0.2) is 0 Å². The van der Waals surface area contributed by atoms with E-state index in [4.69, 9.17) is 0 Å². The third kappa shape index (κ3) is 3.23. The normalized spacial score (nSPS) is 10.0. The highest BCUT2D eigenvalue weighted by Gasteiger charge is 2.18. The molecule has 98 valence electrons. The zero-order valence-electron chi connectivity index (χ0n) is 11.1. The molecule has 0 saturated heterocycles. The summed E-state index contributed by atoms with van der Waals surface area (Å²) in [4.78, 5) is 26.3. The lowest BCUT2D eigenvalue weighted by Crippen LogP contribution is -2.37. The van der Waals surface area contributed by atoms with Crippen LogP contribution in [0.25, 0.3) is 0 Å². The van der Waals surface area contributed by atoms with Gasteiger partial charge < -0.3 is 14.9 Å². The molecule has 0 aliphatic carbocycles. The molecule has 18 heavy (non-hydrogen) atoms. The first-order chi connectivity index (χ1) is 8.32. The smallest absolute Gasteiger partial charge is 0.257 e. The number of nitrogens with zero attached hydrogens (tertiary/aromatic N) is 2. The Morgan fingerprint density at radius 3 is 2.39 bits per heavy atom. The maximum absolute atomic E-state index is 12.1. The lowest BCUT2D eigenvalue weighted by molar-refractivity contribution is -0.129. The second-order valence-corrected chi connectivity index (χ2v) is 4.47. The van der Waals surface area contributed by atoms with Crippen molar-refractivity contribution in [2.45, 2.75) is 6.92 Å². The lowest BCUT2D eigenvalue weighted by Gasteiger charge is -2.19. The SMILES string of the molecule is Cc1ccc(O)c(C(=O)N(C)CC(=O)N(C)C)c1. The number of benzene rings is 1. The summed E-state index contributed by atoms with van der Waals surface area (Å²) in [7, 11) is 4.79. The molecule has 1 rings (SSSR count). The number of aromatic hydroxyl groups is 1. The van der Waals surface area contributed by atoms with Gasteiger partial charge in [0.05, 0.1) is 12.1 Å². The largest absolute Gasteiger partial charge is 0.507 e. The Hall–Kier alpha value is -2.04. The van der Waals surface area contributed by atoms with Crippen LogP contribution in [0.1, 0.15) is 15.9 Å². The van der Waals surface area contributed by atoms with E-state index in [1.54, 1.807) is 26.2 Å². The highest BCUT2D eigenvalue weighted by atomic mass is 16.3. The van der Waals surface area contributed by atoms with Crippen molar-refractivity contribution in [1.29, 1.82) is 0 Å². The van der Waals surface area contributed by atoms with Crippen LogP contribution in [-0.4, -0.2) is 54.4 Å². The van der Waals surface area contributed by atoms with Gasteiger partial charge in [-0.1, -0.05) is 11.6 Å². The van der Waals surface area contributed by atoms with Gasteiger partial charge in [-0.15, -0.1) is 0 Å². The molecule has 0 bridgehead atoms. The Labute approximate surface area is 107 Å². The molecule has 0 radical (unpaired) electrons. The Kier molecular flexibility index (Phi) is 4.31. The first-order valence-corrected chi connectivity index (χ1v) is 5.58. The topological polar surface area (TPSA) is 60.9 Å². The van der Waals surface area contributed by atoms with Gasteiger partial charge in [0.2, 0.25) is 5.91 Å². The van der Waals surface area contributed by atoms with Gasteiger partial charge in [0.1, 0.15) is 5.75 Å². The molecule has 0 aliphatic heterocycles. The predicted molar refractivity (Wildman–Crippen MR) is 68.5 cm³/mol. The van der Waals surface area contributed by atoms with E-state index in [1.807, 2.05) is 6.92 Å². The third-order valence-electron chi connectivity index (χ3n) is 2.60. The fourth-order valence-electron chi connectivity index (χ4n) is 1.44. The molecule has 0 saturated carbocycles. The van der Waals surface area contributed by atoms with E-state index in [2.05, 4.69) is 0 Å². The van der Waals surface area contributed by atoms with Crippen molar-refractivity contribution >= 4 is 11.8 Å². The summed E-state index contributed by atoms with van der Waals surface area (Å²) in [5, 5.41) is 9.65. The van der Waals surface area contributed by atoms with Crippen LogP contribution in [0.15, 0.2) is 18.2 Å². The quantitative estimate of drug-likeness (QED) is 0.865. The molecular formula is C13H18N2O3. The van der Waals surface area contributed by atoms with E-state index in [0.29, 0.717) is 0 Å². The number of aryl methyl sites for hydroxylation is 1. The van der Waals surface area contributed by atoms with Crippen LogP contribution in [0.4, 0.5) is 0 Å². The first kappa shape index (κ1) is 14.0. The van der Waals surface area contributed by atoms with E-state index in [9.17, 15) is 14.7 Å². The Morgan fingerprint density at radius 2 is 1.83 bits per heavy atom. The predicted octanol–water partition coefficient (Wildman–Crippen LogP) is 0.861. The van der Waals surface area contributed by atoms with Crippen LogP contribution < -0.4 is 0 Å². The van der Waals surface area contributed by atoms with Gasteiger partial charge in [-0.05, 0) is 19.1 Å². The lowest BCUT2D eigenvalue weighted by atomic mass is 10.1. The average molecular weight is 250 g/mol. The molecule has 0 spiro atoms. The molecule has 5 heteroatoms. The Balaban J connectivity index is 2.87. The molecular weight excluding hydrogens is 232 g/mol. The van der Waals surface area contributed by atoms with Gasteiger partial charge in [0.25, 0.3) is 5.91 Å². The number of amides is 2. The summed E-state index contributed by atoms with van der Waals surface area (Å²) in [6.07, 6.45) is 0.